The third-order valence-electron chi connectivity index (χ3n) is 4.30. The fraction of sp³-hybridized carbons (Fsp3) is 0.389. The number of benzene rings is 1. The first-order chi connectivity index (χ1) is 11.5. The minimum atomic E-state index is -0.0778. The highest BCUT2D eigenvalue weighted by atomic mass is 16.5. The van der Waals surface area contributed by atoms with Crippen LogP contribution in [0.25, 0.3) is 11.1 Å². The molecule has 0 saturated carbocycles. The van der Waals surface area contributed by atoms with E-state index in [-0.39, 0.29) is 24.2 Å². The highest BCUT2D eigenvalue weighted by molar-refractivity contribution is 5.95. The Morgan fingerprint density at radius 2 is 2.21 bits per heavy atom. The fourth-order valence-electron chi connectivity index (χ4n) is 2.84. The van der Waals surface area contributed by atoms with Crippen LogP contribution in [0.4, 0.5) is 10.5 Å². The number of amides is 2. The molecular weight excluding hydrogens is 306 g/mol. The number of nitrogens with one attached hydrogen (secondary N) is 1. The number of fused-ring (bicyclic) bond motifs is 1. The highest BCUT2D eigenvalue weighted by Crippen LogP contribution is 2.31. The number of anilines is 1. The van der Waals surface area contributed by atoms with Gasteiger partial charge in [-0.3, -0.25) is 9.69 Å². The molecule has 1 aromatic carbocycles. The van der Waals surface area contributed by atoms with Crippen LogP contribution in [0.2, 0.25) is 0 Å². The van der Waals surface area contributed by atoms with Crippen LogP contribution in [0.3, 0.4) is 0 Å². The van der Waals surface area contributed by atoms with E-state index < -0.39 is 0 Å². The molecule has 1 aliphatic heterocycles. The molecule has 0 unspecified atom stereocenters. The molecule has 2 heterocycles. The summed E-state index contributed by atoms with van der Waals surface area (Å²) in [6, 6.07) is 5.82. The first-order valence-electron chi connectivity index (χ1n) is 8.15. The summed E-state index contributed by atoms with van der Waals surface area (Å²) in [6.45, 7) is 6.80. The van der Waals surface area contributed by atoms with Crippen LogP contribution in [0.15, 0.2) is 29.0 Å². The number of hydrogen-bond acceptors (Lipinski definition) is 4. The molecule has 24 heavy (non-hydrogen) atoms. The average Bonchev–Trinajstić information content (AvgIpc) is 3.02. The van der Waals surface area contributed by atoms with Gasteiger partial charge in [-0.25, -0.2) is 4.79 Å². The monoisotopic (exact) mass is 327 g/mol. The van der Waals surface area contributed by atoms with Crippen LogP contribution in [-0.4, -0.2) is 23.5 Å². The lowest BCUT2D eigenvalue weighted by atomic mass is 9.97. The Balaban J connectivity index is 1.94. The summed E-state index contributed by atoms with van der Waals surface area (Å²) in [5.41, 5.74) is 4.37. The number of rotatable bonds is 5. The molecule has 0 atom stereocenters. The Hall–Kier alpha value is -2.63. The molecule has 3 rings (SSSR count). The van der Waals surface area contributed by atoms with Crippen LogP contribution < -0.4 is 10.2 Å². The van der Waals surface area contributed by atoms with E-state index in [2.05, 4.69) is 10.5 Å². The van der Waals surface area contributed by atoms with Crippen LogP contribution in [0.1, 0.15) is 32.0 Å². The maximum absolute atomic E-state index is 12.0. The van der Waals surface area contributed by atoms with Crippen molar-refractivity contribution < 1.29 is 14.1 Å². The van der Waals surface area contributed by atoms with E-state index in [1.807, 2.05) is 39.0 Å². The van der Waals surface area contributed by atoms with Crippen LogP contribution in [0.5, 0.6) is 0 Å². The van der Waals surface area contributed by atoms with Crippen molar-refractivity contribution in [1.82, 2.24) is 10.5 Å². The second-order valence-electron chi connectivity index (χ2n) is 6.22. The summed E-state index contributed by atoms with van der Waals surface area (Å²) in [5.74, 6) is 0.0962. The lowest BCUT2D eigenvalue weighted by molar-refractivity contribution is -0.121. The lowest BCUT2D eigenvalue weighted by Crippen LogP contribution is -2.43. The molecule has 0 fully saturated rings. The van der Waals surface area contributed by atoms with Gasteiger partial charge in [-0.1, -0.05) is 25.1 Å². The normalized spacial score (nSPS) is 13.8. The fourth-order valence-corrected chi connectivity index (χ4v) is 2.84. The zero-order valence-corrected chi connectivity index (χ0v) is 14.1. The van der Waals surface area contributed by atoms with Crippen molar-refractivity contribution in [3.8, 4) is 11.1 Å². The number of aromatic nitrogens is 1. The minimum Gasteiger partial charge on any atom is -0.364 e. The zero-order valence-electron chi connectivity index (χ0n) is 14.1. The van der Waals surface area contributed by atoms with Crippen LogP contribution in [0, 0.1) is 5.92 Å². The second kappa shape index (κ2) is 6.47. The molecule has 0 spiro atoms. The van der Waals surface area contributed by atoms with Crippen molar-refractivity contribution in [1.29, 1.82) is 0 Å². The highest BCUT2D eigenvalue weighted by Gasteiger charge is 2.23. The predicted octanol–water partition coefficient (Wildman–Crippen LogP) is 3.16. The van der Waals surface area contributed by atoms with Crippen molar-refractivity contribution in [2.75, 3.05) is 11.4 Å². The molecule has 0 bridgehead atoms. The second-order valence-corrected chi connectivity index (χ2v) is 6.22. The summed E-state index contributed by atoms with van der Waals surface area (Å²) in [5, 5.41) is 6.86. The van der Waals surface area contributed by atoms with Crippen molar-refractivity contribution in [2.45, 2.75) is 33.7 Å². The molecule has 126 valence electrons. The van der Waals surface area contributed by atoms with Gasteiger partial charge in [0.1, 0.15) is 12.0 Å². The van der Waals surface area contributed by atoms with E-state index in [0.717, 1.165) is 22.4 Å². The molecule has 6 nitrogen and oxygen atoms in total. The topological polar surface area (TPSA) is 75.4 Å². The van der Waals surface area contributed by atoms with Crippen LogP contribution >= 0.6 is 0 Å². The summed E-state index contributed by atoms with van der Waals surface area (Å²) >= 11 is 0. The largest absolute Gasteiger partial charge is 0.364 e. The Kier molecular flexibility index (Phi) is 4.38. The molecule has 1 N–H and O–H groups in total. The number of nitrogens with zero attached hydrogens (tertiary/aromatic N) is 2. The average molecular weight is 327 g/mol. The Labute approximate surface area is 140 Å². The minimum absolute atomic E-state index is 0.0357. The quantitative estimate of drug-likeness (QED) is 0.915. The van der Waals surface area contributed by atoms with E-state index in [9.17, 15) is 9.59 Å². The number of urea groups is 1. The molecule has 2 aromatic rings. The van der Waals surface area contributed by atoms with Gasteiger partial charge >= 0.3 is 6.03 Å². The van der Waals surface area contributed by atoms with Crippen molar-refractivity contribution in [2.24, 2.45) is 5.92 Å². The molecule has 6 heteroatoms. The van der Waals surface area contributed by atoms with E-state index >= 15 is 0 Å². The van der Waals surface area contributed by atoms with Gasteiger partial charge in [0.15, 0.2) is 0 Å². The molecule has 1 aromatic heterocycles. The van der Waals surface area contributed by atoms with E-state index in [0.29, 0.717) is 18.8 Å². The summed E-state index contributed by atoms with van der Waals surface area (Å²) in [4.78, 5) is 25.6. The number of hydrogen-bond donors (Lipinski definition) is 1. The number of Topliss-reactive ketones (excluding diaryl/α,β-unsaturated/α-hetero) is 1. The Morgan fingerprint density at radius 3 is 2.92 bits per heavy atom. The van der Waals surface area contributed by atoms with Gasteiger partial charge in [0.2, 0.25) is 0 Å². The third kappa shape index (κ3) is 2.91. The lowest BCUT2D eigenvalue weighted by Gasteiger charge is -2.29. The van der Waals surface area contributed by atoms with E-state index in [1.165, 1.54) is 0 Å². The zero-order chi connectivity index (χ0) is 17.3. The van der Waals surface area contributed by atoms with E-state index in [1.54, 1.807) is 11.2 Å². The van der Waals surface area contributed by atoms with Gasteiger partial charge in [-0.05, 0) is 30.2 Å². The summed E-state index contributed by atoms with van der Waals surface area (Å²) < 4.78 is 5.10. The van der Waals surface area contributed by atoms with Gasteiger partial charge in [-0.15, -0.1) is 0 Å². The SMILES string of the molecule is CCN1C(=O)NCc2cc(-c3conc3CC(=O)C(C)C)ccc21. The van der Waals surface area contributed by atoms with Crippen molar-refractivity contribution in [3.05, 3.63) is 35.7 Å². The Morgan fingerprint density at radius 1 is 1.42 bits per heavy atom. The maximum Gasteiger partial charge on any atom is 0.322 e. The van der Waals surface area contributed by atoms with Crippen LogP contribution in [-0.2, 0) is 17.8 Å². The van der Waals surface area contributed by atoms with Gasteiger partial charge in [0.25, 0.3) is 0 Å². The van der Waals surface area contributed by atoms with Gasteiger partial charge in [-0.2, -0.15) is 0 Å². The van der Waals surface area contributed by atoms with Gasteiger partial charge < -0.3 is 9.84 Å². The summed E-state index contributed by atoms with van der Waals surface area (Å²) in [6.07, 6.45) is 1.84. The number of ketones is 1. The first kappa shape index (κ1) is 16.2. The molecular formula is C18H21N3O3. The third-order valence-corrected chi connectivity index (χ3v) is 4.30. The predicted molar refractivity (Wildman–Crippen MR) is 90.7 cm³/mol. The van der Waals surface area contributed by atoms with Gasteiger partial charge in [0.05, 0.1) is 17.8 Å². The van der Waals surface area contributed by atoms with Crippen molar-refractivity contribution in [3.63, 3.8) is 0 Å². The molecule has 0 saturated heterocycles. The van der Waals surface area contributed by atoms with Crippen molar-refractivity contribution >= 4 is 17.5 Å². The molecule has 0 radical (unpaired) electrons. The molecule has 0 aliphatic carbocycles. The summed E-state index contributed by atoms with van der Waals surface area (Å²) in [7, 11) is 0. The number of carbonyl (C=O) groups is 2. The first-order valence-corrected chi connectivity index (χ1v) is 8.15. The maximum atomic E-state index is 12.0. The number of carbonyl (C=O) groups excluding carboxylic acids is 2. The Bertz CT molecular complexity index is 780. The smallest absolute Gasteiger partial charge is 0.322 e. The van der Waals surface area contributed by atoms with E-state index in [4.69, 9.17) is 4.52 Å². The molecule has 1 aliphatic rings. The molecule has 2 amide bonds. The van der Waals surface area contributed by atoms with Gasteiger partial charge in [0, 0.05) is 24.6 Å². The standard InChI is InChI=1S/C18H21N3O3/c1-4-21-16-6-5-12(7-13(16)9-19-18(21)23)14-10-24-20-15(14)8-17(22)11(2)3/h5-7,10-11H,4,8-9H2,1-3H3,(H,19,23).